The van der Waals surface area contributed by atoms with E-state index in [1.165, 1.54) is 16.8 Å². The molecular weight excluding hydrogens is 392 g/mol. The molecule has 160 valence electrons. The molecule has 0 spiro atoms. The zero-order chi connectivity index (χ0) is 21.8. The molecule has 0 unspecified atom stereocenters. The molecule has 1 amide bonds. The van der Waals surface area contributed by atoms with Crippen LogP contribution < -0.4 is 19.7 Å². The Kier molecular flexibility index (Phi) is 5.99. The van der Waals surface area contributed by atoms with Gasteiger partial charge in [0.2, 0.25) is 6.79 Å². The zero-order valence-corrected chi connectivity index (χ0v) is 17.9. The van der Waals surface area contributed by atoms with Gasteiger partial charge < -0.3 is 24.6 Å². The standard InChI is InChI=1S/C24H26N4O3/c1-17-4-3-5-21(18(17)2)28-10-8-27(9-11-28)15-20(13-25)24(29)26-14-19-6-7-22-23(12-19)31-16-30-22/h3-7,12,15H,8-11,14,16H2,1-2H3,(H,26,29)/b20-15-. The lowest BCUT2D eigenvalue weighted by molar-refractivity contribution is -0.117. The molecule has 0 aromatic heterocycles. The van der Waals surface area contributed by atoms with Gasteiger partial charge in [-0.05, 0) is 48.7 Å². The van der Waals surface area contributed by atoms with Crippen LogP contribution in [0.5, 0.6) is 11.5 Å². The van der Waals surface area contributed by atoms with E-state index in [0.29, 0.717) is 18.0 Å². The van der Waals surface area contributed by atoms with Crippen molar-refractivity contribution in [1.29, 1.82) is 5.26 Å². The van der Waals surface area contributed by atoms with Gasteiger partial charge in [0, 0.05) is 44.6 Å². The van der Waals surface area contributed by atoms with Gasteiger partial charge in [0.05, 0.1) is 0 Å². The summed E-state index contributed by atoms with van der Waals surface area (Å²) in [7, 11) is 0. The van der Waals surface area contributed by atoms with Crippen LogP contribution in [-0.2, 0) is 11.3 Å². The molecule has 2 aliphatic rings. The largest absolute Gasteiger partial charge is 0.454 e. The van der Waals surface area contributed by atoms with Crippen molar-refractivity contribution in [2.75, 3.05) is 37.9 Å². The van der Waals surface area contributed by atoms with Crippen LogP contribution in [0.3, 0.4) is 0 Å². The maximum Gasteiger partial charge on any atom is 0.263 e. The Morgan fingerprint density at radius 1 is 1.13 bits per heavy atom. The second-order valence-corrected chi connectivity index (χ2v) is 7.77. The highest BCUT2D eigenvalue weighted by Crippen LogP contribution is 2.32. The molecule has 31 heavy (non-hydrogen) atoms. The Bertz CT molecular complexity index is 1050. The third-order valence-corrected chi connectivity index (χ3v) is 5.80. The number of piperazine rings is 1. The van der Waals surface area contributed by atoms with Crippen molar-refractivity contribution in [3.8, 4) is 17.6 Å². The van der Waals surface area contributed by atoms with Gasteiger partial charge in [0.1, 0.15) is 11.6 Å². The maximum absolute atomic E-state index is 12.5. The van der Waals surface area contributed by atoms with Crippen LogP contribution in [0.4, 0.5) is 5.69 Å². The van der Waals surface area contributed by atoms with Crippen LogP contribution in [-0.4, -0.2) is 43.8 Å². The summed E-state index contributed by atoms with van der Waals surface area (Å²) in [5, 5.41) is 12.3. The number of ether oxygens (including phenoxy) is 2. The molecule has 2 aromatic carbocycles. The topological polar surface area (TPSA) is 77.8 Å². The number of benzene rings is 2. The van der Waals surface area contributed by atoms with E-state index < -0.39 is 0 Å². The lowest BCUT2D eigenvalue weighted by Gasteiger charge is -2.36. The molecule has 7 nitrogen and oxygen atoms in total. The van der Waals surface area contributed by atoms with Crippen LogP contribution in [0.2, 0.25) is 0 Å². The number of anilines is 1. The number of carbonyl (C=O) groups is 1. The number of fused-ring (bicyclic) bond motifs is 1. The fourth-order valence-corrected chi connectivity index (χ4v) is 3.82. The van der Waals surface area contributed by atoms with E-state index in [1.54, 1.807) is 6.20 Å². The van der Waals surface area contributed by atoms with Gasteiger partial charge in [-0.25, -0.2) is 0 Å². The Morgan fingerprint density at radius 2 is 1.90 bits per heavy atom. The van der Waals surface area contributed by atoms with E-state index in [4.69, 9.17) is 9.47 Å². The van der Waals surface area contributed by atoms with Crippen LogP contribution in [0.1, 0.15) is 16.7 Å². The molecule has 1 saturated heterocycles. The summed E-state index contributed by atoms with van der Waals surface area (Å²) < 4.78 is 10.7. The number of carbonyl (C=O) groups excluding carboxylic acids is 1. The number of nitriles is 1. The van der Waals surface area contributed by atoms with E-state index >= 15 is 0 Å². The number of aryl methyl sites for hydroxylation is 1. The first-order chi connectivity index (χ1) is 15.0. The summed E-state index contributed by atoms with van der Waals surface area (Å²) in [5.74, 6) is 0.995. The van der Waals surface area contributed by atoms with Crippen LogP contribution in [0.25, 0.3) is 0 Å². The van der Waals surface area contributed by atoms with Crippen LogP contribution >= 0.6 is 0 Å². The molecule has 0 radical (unpaired) electrons. The summed E-state index contributed by atoms with van der Waals surface area (Å²) in [5.41, 5.74) is 4.83. The Labute approximate surface area is 182 Å². The normalized spacial score (nSPS) is 15.6. The Balaban J connectivity index is 1.33. The van der Waals surface area contributed by atoms with E-state index in [0.717, 1.165) is 31.7 Å². The van der Waals surface area contributed by atoms with Gasteiger partial charge in [-0.15, -0.1) is 0 Å². The van der Waals surface area contributed by atoms with Gasteiger partial charge in [-0.2, -0.15) is 5.26 Å². The van der Waals surface area contributed by atoms with E-state index in [-0.39, 0.29) is 18.3 Å². The minimum atomic E-state index is -0.378. The van der Waals surface area contributed by atoms with E-state index in [1.807, 2.05) is 29.2 Å². The molecule has 1 fully saturated rings. The number of nitrogens with zero attached hydrogens (tertiary/aromatic N) is 3. The summed E-state index contributed by atoms with van der Waals surface area (Å²) in [4.78, 5) is 16.9. The number of nitrogens with one attached hydrogen (secondary N) is 1. The second-order valence-electron chi connectivity index (χ2n) is 7.77. The van der Waals surface area contributed by atoms with Crippen molar-refractivity contribution in [3.05, 3.63) is 64.9 Å². The Morgan fingerprint density at radius 3 is 2.68 bits per heavy atom. The molecule has 2 aromatic rings. The van der Waals surface area contributed by atoms with Crippen molar-refractivity contribution in [3.63, 3.8) is 0 Å². The van der Waals surface area contributed by atoms with Gasteiger partial charge in [-0.1, -0.05) is 18.2 Å². The fourth-order valence-electron chi connectivity index (χ4n) is 3.82. The first kappa shape index (κ1) is 20.6. The van der Waals surface area contributed by atoms with Crippen molar-refractivity contribution >= 4 is 11.6 Å². The lowest BCUT2D eigenvalue weighted by atomic mass is 10.1. The van der Waals surface area contributed by atoms with Crippen molar-refractivity contribution < 1.29 is 14.3 Å². The highest BCUT2D eigenvalue weighted by atomic mass is 16.7. The summed E-state index contributed by atoms with van der Waals surface area (Å²) >= 11 is 0. The first-order valence-corrected chi connectivity index (χ1v) is 10.4. The van der Waals surface area contributed by atoms with Gasteiger partial charge in [0.15, 0.2) is 11.5 Å². The lowest BCUT2D eigenvalue weighted by Crippen LogP contribution is -2.44. The van der Waals surface area contributed by atoms with Gasteiger partial charge in [0.25, 0.3) is 5.91 Å². The third-order valence-electron chi connectivity index (χ3n) is 5.80. The third kappa shape index (κ3) is 4.58. The number of amides is 1. The zero-order valence-electron chi connectivity index (χ0n) is 17.9. The second kappa shape index (κ2) is 9.00. The quantitative estimate of drug-likeness (QED) is 0.594. The smallest absolute Gasteiger partial charge is 0.263 e. The van der Waals surface area contributed by atoms with Gasteiger partial charge in [-0.3, -0.25) is 4.79 Å². The highest BCUT2D eigenvalue weighted by molar-refractivity contribution is 5.97. The molecule has 0 aliphatic carbocycles. The molecule has 7 heteroatoms. The summed E-state index contributed by atoms with van der Waals surface area (Å²) in [6.07, 6.45) is 1.68. The minimum Gasteiger partial charge on any atom is -0.454 e. The highest BCUT2D eigenvalue weighted by Gasteiger charge is 2.19. The fraction of sp³-hybridized carbons (Fsp3) is 0.333. The SMILES string of the molecule is Cc1cccc(N2CCN(/C=C(/C#N)C(=O)NCc3ccc4c(c3)OCO4)CC2)c1C. The molecule has 2 heterocycles. The molecule has 0 saturated carbocycles. The van der Waals surface area contributed by atoms with Crippen LogP contribution in [0, 0.1) is 25.2 Å². The first-order valence-electron chi connectivity index (χ1n) is 10.4. The van der Waals surface area contributed by atoms with Crippen molar-refractivity contribution in [2.45, 2.75) is 20.4 Å². The van der Waals surface area contributed by atoms with E-state index in [2.05, 4.69) is 42.3 Å². The van der Waals surface area contributed by atoms with E-state index in [9.17, 15) is 10.1 Å². The molecule has 1 N–H and O–H groups in total. The summed E-state index contributed by atoms with van der Waals surface area (Å²) in [6, 6.07) is 13.9. The Hall–Kier alpha value is -3.66. The summed E-state index contributed by atoms with van der Waals surface area (Å²) in [6.45, 7) is 8.01. The number of rotatable bonds is 5. The average Bonchev–Trinajstić information content (AvgIpc) is 3.26. The minimum absolute atomic E-state index is 0.112. The average molecular weight is 418 g/mol. The van der Waals surface area contributed by atoms with Crippen molar-refractivity contribution in [1.82, 2.24) is 10.2 Å². The molecule has 2 aliphatic heterocycles. The maximum atomic E-state index is 12.5. The van der Waals surface area contributed by atoms with Crippen molar-refractivity contribution in [2.24, 2.45) is 0 Å². The number of hydrogen-bond acceptors (Lipinski definition) is 6. The van der Waals surface area contributed by atoms with Crippen LogP contribution in [0.15, 0.2) is 48.2 Å². The monoisotopic (exact) mass is 418 g/mol. The molecular formula is C24H26N4O3. The number of hydrogen-bond donors (Lipinski definition) is 1. The predicted molar refractivity (Wildman–Crippen MR) is 118 cm³/mol. The van der Waals surface area contributed by atoms with Gasteiger partial charge >= 0.3 is 0 Å². The predicted octanol–water partition coefficient (Wildman–Crippen LogP) is 2.88. The molecule has 4 rings (SSSR count). The molecule has 0 atom stereocenters. The molecule has 0 bridgehead atoms.